The monoisotopic (exact) mass is 819 g/mol. The SMILES string of the molecule is Brc1cc(I)c(Br)cc1I.CCCCCNc1cc(Br)c(C)cc1Br. The Balaban J connectivity index is 0.000000271. The average Bonchev–Trinajstić information content (AvgIpc) is 2.55. The third kappa shape index (κ3) is 9.11. The van der Waals surface area contributed by atoms with Crippen LogP contribution >= 0.6 is 109 Å². The third-order valence-corrected chi connectivity index (χ3v) is 9.40. The minimum absolute atomic E-state index is 1.04. The van der Waals surface area contributed by atoms with Crippen LogP contribution in [0.2, 0.25) is 0 Å². The van der Waals surface area contributed by atoms with E-state index >= 15 is 0 Å². The molecule has 0 radical (unpaired) electrons. The molecular formula is C18H19Br4I2N. The van der Waals surface area contributed by atoms with Crippen LogP contribution in [0.15, 0.2) is 42.2 Å². The van der Waals surface area contributed by atoms with Crippen LogP contribution in [0.3, 0.4) is 0 Å². The average molecular weight is 823 g/mol. The van der Waals surface area contributed by atoms with Crippen LogP contribution < -0.4 is 5.32 Å². The first-order valence-corrected chi connectivity index (χ1v) is 13.1. The van der Waals surface area contributed by atoms with Gasteiger partial charge in [-0.1, -0.05) is 35.7 Å². The zero-order valence-electron chi connectivity index (χ0n) is 13.9. The normalized spacial score (nSPS) is 10.2. The van der Waals surface area contributed by atoms with Crippen molar-refractivity contribution in [2.45, 2.75) is 33.1 Å². The van der Waals surface area contributed by atoms with Crippen molar-refractivity contribution < 1.29 is 0 Å². The van der Waals surface area contributed by atoms with Gasteiger partial charge in [-0.15, -0.1) is 0 Å². The number of hydrogen-bond acceptors (Lipinski definition) is 1. The summed E-state index contributed by atoms with van der Waals surface area (Å²) >= 11 is 18.6. The Labute approximate surface area is 211 Å². The summed E-state index contributed by atoms with van der Waals surface area (Å²) in [6.45, 7) is 5.36. The lowest BCUT2D eigenvalue weighted by molar-refractivity contribution is 0.743. The summed E-state index contributed by atoms with van der Waals surface area (Å²) in [5, 5.41) is 3.44. The lowest BCUT2D eigenvalue weighted by atomic mass is 10.2. The van der Waals surface area contributed by atoms with Crippen molar-refractivity contribution in [3.63, 3.8) is 0 Å². The Hall–Kier alpha value is 1.62. The van der Waals surface area contributed by atoms with Gasteiger partial charge in [0.2, 0.25) is 0 Å². The molecule has 0 aliphatic carbocycles. The molecule has 2 aromatic rings. The number of hydrogen-bond donors (Lipinski definition) is 1. The van der Waals surface area contributed by atoms with E-state index in [0.717, 1.165) is 24.4 Å². The lowest BCUT2D eigenvalue weighted by Gasteiger charge is -2.10. The predicted octanol–water partition coefficient (Wildman–Crippen LogP) is 9.54. The highest BCUT2D eigenvalue weighted by molar-refractivity contribution is 14.1. The molecule has 0 saturated carbocycles. The third-order valence-electron chi connectivity index (χ3n) is 3.31. The van der Waals surface area contributed by atoms with E-state index in [9.17, 15) is 0 Å². The van der Waals surface area contributed by atoms with Crippen molar-refractivity contribution in [1.82, 2.24) is 0 Å². The van der Waals surface area contributed by atoms with Gasteiger partial charge in [-0.25, -0.2) is 0 Å². The molecule has 7 heteroatoms. The van der Waals surface area contributed by atoms with Crippen molar-refractivity contribution in [2.75, 3.05) is 11.9 Å². The highest BCUT2D eigenvalue weighted by Gasteiger charge is 2.03. The van der Waals surface area contributed by atoms with Gasteiger partial charge in [0, 0.05) is 37.3 Å². The smallest absolute Gasteiger partial charge is 0.0496 e. The van der Waals surface area contributed by atoms with E-state index in [4.69, 9.17) is 0 Å². The van der Waals surface area contributed by atoms with E-state index in [1.807, 2.05) is 0 Å². The number of anilines is 1. The molecule has 0 aliphatic rings. The van der Waals surface area contributed by atoms with Crippen molar-refractivity contribution in [2.24, 2.45) is 0 Å². The van der Waals surface area contributed by atoms with Crippen LogP contribution in [0.5, 0.6) is 0 Å². The van der Waals surface area contributed by atoms with Crippen LogP contribution in [-0.2, 0) is 0 Å². The molecule has 1 N–H and O–H groups in total. The van der Waals surface area contributed by atoms with Crippen LogP contribution in [-0.4, -0.2) is 6.54 Å². The minimum atomic E-state index is 1.04. The van der Waals surface area contributed by atoms with Gasteiger partial charge in [0.25, 0.3) is 0 Å². The molecular weight excluding hydrogens is 804 g/mol. The van der Waals surface area contributed by atoms with Crippen LogP contribution in [0.4, 0.5) is 5.69 Å². The van der Waals surface area contributed by atoms with Gasteiger partial charge in [-0.2, -0.15) is 0 Å². The fraction of sp³-hybridized carbons (Fsp3) is 0.333. The number of halogens is 6. The number of benzene rings is 2. The van der Waals surface area contributed by atoms with Gasteiger partial charge in [0.15, 0.2) is 0 Å². The number of unbranched alkanes of at least 4 members (excludes halogenated alkanes) is 2. The first-order valence-electron chi connectivity index (χ1n) is 7.75. The molecule has 0 atom stereocenters. The maximum absolute atomic E-state index is 3.57. The molecule has 0 saturated heterocycles. The van der Waals surface area contributed by atoms with Gasteiger partial charge < -0.3 is 5.32 Å². The Morgan fingerprint density at radius 1 is 0.800 bits per heavy atom. The number of aryl methyl sites for hydroxylation is 1. The van der Waals surface area contributed by atoms with Crippen LogP contribution in [0.25, 0.3) is 0 Å². The van der Waals surface area contributed by atoms with Gasteiger partial charge in [0.05, 0.1) is 0 Å². The first-order chi connectivity index (χ1) is 11.8. The summed E-state index contributed by atoms with van der Waals surface area (Å²) in [5.74, 6) is 0. The Morgan fingerprint density at radius 2 is 1.36 bits per heavy atom. The molecule has 0 heterocycles. The zero-order valence-corrected chi connectivity index (χ0v) is 24.6. The molecule has 0 aromatic heterocycles. The highest BCUT2D eigenvalue weighted by atomic mass is 127. The summed E-state index contributed by atoms with van der Waals surface area (Å²) in [6, 6.07) is 8.44. The van der Waals surface area contributed by atoms with Crippen LogP contribution in [0.1, 0.15) is 31.7 Å². The number of rotatable bonds is 5. The standard InChI is InChI=1S/C12H17Br2N.C6H2Br2I2/c1-3-4-5-6-15-12-8-10(13)9(2)7-11(12)14;7-3-1-5(9)4(8)2-6(3)10/h7-8,15H,3-6H2,1-2H3;1-2H. The minimum Gasteiger partial charge on any atom is -0.384 e. The van der Waals surface area contributed by atoms with Gasteiger partial charge in [-0.3, -0.25) is 0 Å². The van der Waals surface area contributed by atoms with E-state index in [2.05, 4.69) is 152 Å². The van der Waals surface area contributed by atoms with E-state index in [1.54, 1.807) is 0 Å². The Morgan fingerprint density at radius 3 is 1.88 bits per heavy atom. The van der Waals surface area contributed by atoms with Crippen molar-refractivity contribution in [3.8, 4) is 0 Å². The summed E-state index contributed by atoms with van der Waals surface area (Å²) in [5.41, 5.74) is 2.42. The van der Waals surface area contributed by atoms with E-state index < -0.39 is 0 Å². The van der Waals surface area contributed by atoms with E-state index in [0.29, 0.717) is 0 Å². The molecule has 25 heavy (non-hydrogen) atoms. The topological polar surface area (TPSA) is 12.0 Å². The molecule has 0 aliphatic heterocycles. The maximum atomic E-state index is 3.57. The number of nitrogens with one attached hydrogen (secondary N) is 1. The highest BCUT2D eigenvalue weighted by Crippen LogP contribution is 2.29. The van der Waals surface area contributed by atoms with Gasteiger partial charge >= 0.3 is 0 Å². The van der Waals surface area contributed by atoms with E-state index in [-0.39, 0.29) is 0 Å². The Kier molecular flexibility index (Phi) is 12.8. The second-order valence-electron chi connectivity index (χ2n) is 5.40. The fourth-order valence-electron chi connectivity index (χ4n) is 1.88. The van der Waals surface area contributed by atoms with Gasteiger partial charge in [-0.05, 0) is 136 Å². The molecule has 0 fully saturated rings. The van der Waals surface area contributed by atoms with Crippen LogP contribution in [0, 0.1) is 14.1 Å². The summed E-state index contributed by atoms with van der Waals surface area (Å²) in [4.78, 5) is 0. The zero-order chi connectivity index (χ0) is 19.0. The maximum Gasteiger partial charge on any atom is 0.0496 e. The molecule has 0 amide bonds. The molecule has 1 nitrogen and oxygen atoms in total. The second kappa shape index (κ2) is 13.0. The Bertz CT molecular complexity index is 658. The largest absolute Gasteiger partial charge is 0.384 e. The molecule has 2 aromatic carbocycles. The van der Waals surface area contributed by atoms with Gasteiger partial charge in [0.1, 0.15) is 0 Å². The second-order valence-corrected chi connectivity index (χ2v) is 11.1. The van der Waals surface area contributed by atoms with Crippen molar-refractivity contribution in [3.05, 3.63) is 54.9 Å². The molecule has 0 spiro atoms. The molecule has 0 unspecified atom stereocenters. The lowest BCUT2D eigenvalue weighted by Crippen LogP contribution is -2.02. The summed E-state index contributed by atoms with van der Waals surface area (Å²) < 4.78 is 7.06. The van der Waals surface area contributed by atoms with Crippen molar-refractivity contribution >= 4 is 115 Å². The molecule has 2 rings (SSSR count). The molecule has 138 valence electrons. The van der Waals surface area contributed by atoms with E-state index in [1.165, 1.54) is 37.7 Å². The predicted molar refractivity (Wildman–Crippen MR) is 142 cm³/mol. The quantitative estimate of drug-likeness (QED) is 0.180. The fourth-order valence-corrected chi connectivity index (χ4v) is 5.30. The summed E-state index contributed by atoms with van der Waals surface area (Å²) in [7, 11) is 0. The summed E-state index contributed by atoms with van der Waals surface area (Å²) in [6.07, 6.45) is 3.78. The molecule has 0 bridgehead atoms. The first kappa shape index (κ1) is 24.7. The van der Waals surface area contributed by atoms with Crippen molar-refractivity contribution in [1.29, 1.82) is 0 Å².